The molecular formula is C19H27NO2. The molecule has 1 aromatic rings. The molecule has 0 aromatic heterocycles. The van der Waals surface area contributed by atoms with Crippen molar-refractivity contribution in [2.75, 3.05) is 19.6 Å². The van der Waals surface area contributed by atoms with E-state index in [9.17, 15) is 10.2 Å². The Balaban J connectivity index is 1.61. The van der Waals surface area contributed by atoms with Gasteiger partial charge in [-0.2, -0.15) is 0 Å². The molecule has 3 nitrogen and oxygen atoms in total. The van der Waals surface area contributed by atoms with Gasteiger partial charge >= 0.3 is 0 Å². The Morgan fingerprint density at radius 1 is 1.18 bits per heavy atom. The minimum atomic E-state index is -0.186. The van der Waals surface area contributed by atoms with Crippen molar-refractivity contribution in [3.05, 3.63) is 29.8 Å². The molecule has 120 valence electrons. The summed E-state index contributed by atoms with van der Waals surface area (Å²) >= 11 is 0. The van der Waals surface area contributed by atoms with Crippen molar-refractivity contribution in [1.29, 1.82) is 0 Å². The number of hydrogen-bond donors (Lipinski definition) is 2. The van der Waals surface area contributed by atoms with Crippen LogP contribution in [0.3, 0.4) is 0 Å². The van der Waals surface area contributed by atoms with Gasteiger partial charge in [0.2, 0.25) is 0 Å². The molecule has 4 rings (SSSR count). The van der Waals surface area contributed by atoms with E-state index in [1.165, 1.54) is 31.5 Å². The van der Waals surface area contributed by atoms with Crippen molar-refractivity contribution in [2.24, 2.45) is 11.8 Å². The number of aliphatic hydroxyl groups excluding tert-OH is 1. The highest BCUT2D eigenvalue weighted by molar-refractivity contribution is 5.35. The first kappa shape index (κ1) is 14.5. The van der Waals surface area contributed by atoms with Gasteiger partial charge in [-0.05, 0) is 74.6 Å². The highest BCUT2D eigenvalue weighted by atomic mass is 16.3. The minimum Gasteiger partial charge on any atom is -0.508 e. The Hall–Kier alpha value is -1.06. The van der Waals surface area contributed by atoms with Gasteiger partial charge in [0, 0.05) is 18.5 Å². The summed E-state index contributed by atoms with van der Waals surface area (Å²) in [5, 5.41) is 20.2. The number of hydrogen-bond acceptors (Lipinski definition) is 3. The predicted molar refractivity (Wildman–Crippen MR) is 86.9 cm³/mol. The van der Waals surface area contributed by atoms with Crippen molar-refractivity contribution in [1.82, 2.24) is 4.90 Å². The number of phenols is 1. The summed E-state index contributed by atoms with van der Waals surface area (Å²) in [5.41, 5.74) is 1.30. The van der Waals surface area contributed by atoms with E-state index in [0.717, 1.165) is 38.1 Å². The van der Waals surface area contributed by atoms with Crippen molar-refractivity contribution in [2.45, 2.75) is 50.0 Å². The van der Waals surface area contributed by atoms with Gasteiger partial charge in [0.05, 0.1) is 6.10 Å². The summed E-state index contributed by atoms with van der Waals surface area (Å²) in [5.74, 6) is 1.92. The summed E-state index contributed by atoms with van der Waals surface area (Å²) in [6.45, 7) is 3.57. The first-order valence-electron chi connectivity index (χ1n) is 8.86. The van der Waals surface area contributed by atoms with Gasteiger partial charge in [-0.25, -0.2) is 0 Å². The Kier molecular flexibility index (Phi) is 3.66. The lowest BCUT2D eigenvalue weighted by Gasteiger charge is -2.52. The summed E-state index contributed by atoms with van der Waals surface area (Å²) in [7, 11) is 0. The van der Waals surface area contributed by atoms with Crippen molar-refractivity contribution in [3.63, 3.8) is 0 Å². The van der Waals surface area contributed by atoms with E-state index >= 15 is 0 Å². The van der Waals surface area contributed by atoms with Crippen LogP contribution in [-0.2, 0) is 5.41 Å². The van der Waals surface area contributed by atoms with E-state index in [-0.39, 0.29) is 11.5 Å². The molecule has 0 amide bonds. The molecule has 2 saturated carbocycles. The minimum absolute atomic E-state index is 0.0659. The average molecular weight is 301 g/mol. The van der Waals surface area contributed by atoms with Crippen LogP contribution in [0.1, 0.15) is 44.1 Å². The van der Waals surface area contributed by atoms with Crippen LogP contribution >= 0.6 is 0 Å². The summed E-state index contributed by atoms with van der Waals surface area (Å²) in [6.07, 6.45) is 6.66. The zero-order chi connectivity index (χ0) is 15.2. The normalized spacial score (nSPS) is 36.0. The lowest BCUT2D eigenvalue weighted by atomic mass is 9.58. The molecule has 3 unspecified atom stereocenters. The van der Waals surface area contributed by atoms with E-state index in [2.05, 4.69) is 11.0 Å². The number of phenolic OH excluding ortho intramolecular Hbond substituents is 1. The zero-order valence-corrected chi connectivity index (χ0v) is 13.2. The second-order valence-corrected chi connectivity index (χ2v) is 7.79. The fourth-order valence-corrected chi connectivity index (χ4v) is 4.84. The molecule has 3 fully saturated rings. The molecule has 2 N–H and O–H groups in total. The number of aliphatic hydroxyl groups is 1. The third kappa shape index (κ3) is 2.65. The van der Waals surface area contributed by atoms with Gasteiger partial charge in [0.1, 0.15) is 5.75 Å². The largest absolute Gasteiger partial charge is 0.508 e. The predicted octanol–water partition coefficient (Wildman–Crippen LogP) is 2.91. The topological polar surface area (TPSA) is 43.7 Å². The summed E-state index contributed by atoms with van der Waals surface area (Å²) in [4.78, 5) is 2.65. The molecule has 3 atom stereocenters. The Bertz CT molecular complexity index is 542. The van der Waals surface area contributed by atoms with Crippen molar-refractivity contribution >= 4 is 0 Å². The average Bonchev–Trinajstić information content (AvgIpc) is 3.31. The Morgan fingerprint density at radius 2 is 2.05 bits per heavy atom. The molecule has 1 aromatic carbocycles. The summed E-state index contributed by atoms with van der Waals surface area (Å²) in [6, 6.07) is 7.79. The second-order valence-electron chi connectivity index (χ2n) is 7.79. The third-order valence-electron chi connectivity index (χ3n) is 6.22. The molecule has 1 aliphatic heterocycles. The number of benzene rings is 1. The first-order valence-corrected chi connectivity index (χ1v) is 8.86. The standard InChI is InChI=1S/C19H27NO2/c21-17-3-1-2-15(10-17)19-8-9-20(12-14-4-5-14)13-16(19)6-7-18(22)11-19/h1-3,10,14,16,18,21-22H,4-9,11-13H2. The maximum absolute atomic E-state index is 10.3. The van der Waals surface area contributed by atoms with Crippen molar-refractivity contribution < 1.29 is 10.2 Å². The fourth-order valence-electron chi connectivity index (χ4n) is 4.84. The number of aromatic hydroxyl groups is 1. The molecule has 0 radical (unpaired) electrons. The number of rotatable bonds is 3. The zero-order valence-electron chi connectivity index (χ0n) is 13.2. The maximum atomic E-state index is 10.3. The number of nitrogens with zero attached hydrogens (tertiary/aromatic N) is 1. The van der Waals surface area contributed by atoms with Crippen LogP contribution in [0, 0.1) is 11.8 Å². The van der Waals surface area contributed by atoms with Gasteiger partial charge in [-0.15, -0.1) is 0 Å². The summed E-state index contributed by atoms with van der Waals surface area (Å²) < 4.78 is 0. The monoisotopic (exact) mass is 301 g/mol. The highest BCUT2D eigenvalue weighted by Gasteiger charge is 2.48. The molecule has 3 aliphatic rings. The smallest absolute Gasteiger partial charge is 0.115 e. The van der Waals surface area contributed by atoms with Crippen LogP contribution in [0.15, 0.2) is 24.3 Å². The van der Waals surface area contributed by atoms with Crippen molar-refractivity contribution in [3.8, 4) is 5.75 Å². The lowest BCUT2D eigenvalue weighted by molar-refractivity contribution is -0.00475. The molecule has 22 heavy (non-hydrogen) atoms. The van der Waals surface area contributed by atoms with Gasteiger partial charge < -0.3 is 15.1 Å². The highest BCUT2D eigenvalue weighted by Crippen LogP contribution is 2.50. The van der Waals surface area contributed by atoms with Gasteiger partial charge in [-0.3, -0.25) is 0 Å². The first-order chi connectivity index (χ1) is 10.7. The van der Waals surface area contributed by atoms with E-state index in [1.54, 1.807) is 6.07 Å². The van der Waals surface area contributed by atoms with E-state index < -0.39 is 0 Å². The van der Waals surface area contributed by atoms with Crippen LogP contribution in [-0.4, -0.2) is 40.9 Å². The lowest BCUT2D eigenvalue weighted by Crippen LogP contribution is -2.54. The molecule has 3 heteroatoms. The third-order valence-corrected chi connectivity index (χ3v) is 6.22. The molecule has 1 heterocycles. The second kappa shape index (κ2) is 5.54. The Labute approximate surface area is 133 Å². The van der Waals surface area contributed by atoms with Crippen LogP contribution < -0.4 is 0 Å². The van der Waals surface area contributed by atoms with Crippen LogP contribution in [0.4, 0.5) is 0 Å². The number of likely N-dealkylation sites (tertiary alicyclic amines) is 1. The quantitative estimate of drug-likeness (QED) is 0.902. The molecule has 2 aliphatic carbocycles. The van der Waals surface area contributed by atoms with E-state index in [1.807, 2.05) is 12.1 Å². The SMILES string of the molecule is Oc1cccc(C23CCN(CC4CC4)CC2CCC(O)C3)c1. The molecular weight excluding hydrogens is 274 g/mol. The molecule has 1 saturated heterocycles. The van der Waals surface area contributed by atoms with E-state index in [0.29, 0.717) is 11.7 Å². The maximum Gasteiger partial charge on any atom is 0.115 e. The molecule has 0 bridgehead atoms. The van der Waals surface area contributed by atoms with Crippen LogP contribution in [0.25, 0.3) is 0 Å². The van der Waals surface area contributed by atoms with Gasteiger partial charge in [0.15, 0.2) is 0 Å². The Morgan fingerprint density at radius 3 is 2.82 bits per heavy atom. The van der Waals surface area contributed by atoms with Gasteiger partial charge in [0.25, 0.3) is 0 Å². The fraction of sp³-hybridized carbons (Fsp3) is 0.684. The number of fused-ring (bicyclic) bond motifs is 1. The van der Waals surface area contributed by atoms with Crippen LogP contribution in [0.2, 0.25) is 0 Å². The van der Waals surface area contributed by atoms with Crippen LogP contribution in [0.5, 0.6) is 5.75 Å². The number of piperidine rings is 1. The van der Waals surface area contributed by atoms with E-state index in [4.69, 9.17) is 0 Å². The van der Waals surface area contributed by atoms with Gasteiger partial charge in [-0.1, -0.05) is 12.1 Å². The molecule has 0 spiro atoms.